The molecule has 0 spiro atoms. The molecule has 0 heterocycles. The lowest BCUT2D eigenvalue weighted by Crippen LogP contribution is -2.38. The first-order valence-electron chi connectivity index (χ1n) is 5.06. The van der Waals surface area contributed by atoms with Crippen LogP contribution >= 0.6 is 0 Å². The van der Waals surface area contributed by atoms with Gasteiger partial charge in [0, 0.05) is 6.07 Å². The Balaban J connectivity index is 2.66. The Morgan fingerprint density at radius 3 is 2.63 bits per heavy atom. The number of nitro benzene ring substituents is 1. The van der Waals surface area contributed by atoms with Crippen molar-refractivity contribution < 1.29 is 24.0 Å². The first-order valence-corrected chi connectivity index (χ1v) is 5.06. The van der Waals surface area contributed by atoms with E-state index in [0.29, 0.717) is 0 Å². The molecule has 0 saturated carbocycles. The standard InChI is InChI=1S/C10H10FN3O5/c11-7-1-2-8(14(18)19)6(3-7)4-12-10(17)13-5-9(15)16/h1-3H,4-5H2,(H,15,16)(H2,12,13,17). The zero-order valence-electron chi connectivity index (χ0n) is 9.55. The fourth-order valence-corrected chi connectivity index (χ4v) is 1.27. The third-order valence-corrected chi connectivity index (χ3v) is 2.08. The SMILES string of the molecule is O=C(O)CNC(=O)NCc1cc(F)ccc1[N+](=O)[O-]. The largest absolute Gasteiger partial charge is 0.480 e. The van der Waals surface area contributed by atoms with Crippen molar-refractivity contribution in [1.82, 2.24) is 10.6 Å². The summed E-state index contributed by atoms with van der Waals surface area (Å²) in [5, 5.41) is 23.2. The number of carbonyl (C=O) groups is 2. The maximum absolute atomic E-state index is 13.0. The predicted octanol–water partition coefficient (Wildman–Crippen LogP) is 0.618. The molecule has 2 amide bonds. The maximum Gasteiger partial charge on any atom is 0.323 e. The van der Waals surface area contributed by atoms with E-state index < -0.39 is 29.3 Å². The van der Waals surface area contributed by atoms with E-state index in [1.165, 1.54) is 0 Å². The van der Waals surface area contributed by atoms with Crippen molar-refractivity contribution in [1.29, 1.82) is 0 Å². The number of nitrogens with zero attached hydrogens (tertiary/aromatic N) is 1. The number of aliphatic carboxylic acids is 1. The third-order valence-electron chi connectivity index (χ3n) is 2.08. The van der Waals surface area contributed by atoms with Gasteiger partial charge in [-0.25, -0.2) is 9.18 Å². The number of halogens is 1. The van der Waals surface area contributed by atoms with Gasteiger partial charge in [0.05, 0.1) is 17.0 Å². The molecule has 8 nitrogen and oxygen atoms in total. The average molecular weight is 271 g/mol. The Morgan fingerprint density at radius 1 is 1.37 bits per heavy atom. The number of nitro groups is 1. The van der Waals surface area contributed by atoms with Crippen LogP contribution in [-0.4, -0.2) is 28.6 Å². The van der Waals surface area contributed by atoms with Crippen molar-refractivity contribution in [3.05, 3.63) is 39.7 Å². The Hall–Kier alpha value is -2.71. The highest BCUT2D eigenvalue weighted by molar-refractivity contribution is 5.79. The number of urea groups is 1. The summed E-state index contributed by atoms with van der Waals surface area (Å²) >= 11 is 0. The van der Waals surface area contributed by atoms with E-state index >= 15 is 0 Å². The topological polar surface area (TPSA) is 122 Å². The molecular weight excluding hydrogens is 261 g/mol. The zero-order valence-corrected chi connectivity index (χ0v) is 9.55. The van der Waals surface area contributed by atoms with Crippen LogP contribution in [-0.2, 0) is 11.3 Å². The predicted molar refractivity (Wildman–Crippen MR) is 60.9 cm³/mol. The lowest BCUT2D eigenvalue weighted by molar-refractivity contribution is -0.385. The molecule has 1 aromatic rings. The van der Waals surface area contributed by atoms with Crippen molar-refractivity contribution in [2.45, 2.75) is 6.54 Å². The number of amides is 2. The van der Waals surface area contributed by atoms with Crippen LogP contribution in [0.4, 0.5) is 14.9 Å². The summed E-state index contributed by atoms with van der Waals surface area (Å²) < 4.78 is 13.0. The Morgan fingerprint density at radius 2 is 2.05 bits per heavy atom. The van der Waals surface area contributed by atoms with E-state index in [-0.39, 0.29) is 17.8 Å². The molecule has 0 aliphatic carbocycles. The second-order valence-corrected chi connectivity index (χ2v) is 3.46. The molecular formula is C10H10FN3O5. The van der Waals surface area contributed by atoms with Gasteiger partial charge in [0.2, 0.25) is 0 Å². The number of rotatable bonds is 5. The molecule has 9 heteroatoms. The molecule has 0 aliphatic rings. The minimum absolute atomic E-state index is 0.0181. The average Bonchev–Trinajstić information content (AvgIpc) is 2.33. The molecule has 0 aliphatic heterocycles. The van der Waals surface area contributed by atoms with Crippen LogP contribution < -0.4 is 10.6 Å². The number of nitrogens with one attached hydrogen (secondary N) is 2. The van der Waals surface area contributed by atoms with Crippen LogP contribution in [0.25, 0.3) is 0 Å². The Kier molecular flexibility index (Phi) is 4.75. The lowest BCUT2D eigenvalue weighted by atomic mass is 10.2. The van der Waals surface area contributed by atoms with Crippen molar-refractivity contribution in [3.8, 4) is 0 Å². The minimum atomic E-state index is -1.23. The molecule has 1 rings (SSSR count). The molecule has 0 unspecified atom stereocenters. The van der Waals surface area contributed by atoms with E-state index in [1.54, 1.807) is 0 Å². The van der Waals surface area contributed by atoms with E-state index in [4.69, 9.17) is 5.11 Å². The normalized spacial score (nSPS) is 9.74. The number of benzene rings is 1. The number of hydrogen-bond donors (Lipinski definition) is 3. The molecule has 0 fully saturated rings. The van der Waals surface area contributed by atoms with Gasteiger partial charge in [-0.3, -0.25) is 14.9 Å². The number of carboxylic acids is 1. The summed E-state index contributed by atoms with van der Waals surface area (Å²) in [5.41, 5.74) is -0.351. The van der Waals surface area contributed by atoms with Crippen LogP contribution in [0, 0.1) is 15.9 Å². The fourth-order valence-electron chi connectivity index (χ4n) is 1.27. The monoisotopic (exact) mass is 271 g/mol. The first-order chi connectivity index (χ1) is 8.90. The number of hydrogen-bond acceptors (Lipinski definition) is 4. The van der Waals surface area contributed by atoms with Gasteiger partial charge < -0.3 is 15.7 Å². The van der Waals surface area contributed by atoms with Gasteiger partial charge in [0.1, 0.15) is 12.4 Å². The highest BCUT2D eigenvalue weighted by Gasteiger charge is 2.15. The van der Waals surface area contributed by atoms with Gasteiger partial charge in [0.15, 0.2) is 0 Å². The summed E-state index contributed by atoms with van der Waals surface area (Å²) in [5.74, 6) is -1.90. The van der Waals surface area contributed by atoms with Crippen molar-refractivity contribution in [2.75, 3.05) is 6.54 Å². The molecule has 0 radical (unpaired) electrons. The van der Waals surface area contributed by atoms with Gasteiger partial charge in [-0.15, -0.1) is 0 Å². The van der Waals surface area contributed by atoms with Crippen molar-refractivity contribution >= 4 is 17.7 Å². The first kappa shape index (κ1) is 14.4. The van der Waals surface area contributed by atoms with Gasteiger partial charge in [0.25, 0.3) is 5.69 Å². The van der Waals surface area contributed by atoms with Gasteiger partial charge in [-0.05, 0) is 12.1 Å². The molecule has 0 saturated heterocycles. The van der Waals surface area contributed by atoms with E-state index in [1.807, 2.05) is 5.32 Å². The zero-order chi connectivity index (χ0) is 14.4. The Bertz CT molecular complexity index is 520. The molecule has 0 bridgehead atoms. The van der Waals surface area contributed by atoms with Crippen molar-refractivity contribution in [3.63, 3.8) is 0 Å². The third kappa shape index (κ3) is 4.58. The fraction of sp³-hybridized carbons (Fsp3) is 0.200. The second-order valence-electron chi connectivity index (χ2n) is 3.46. The molecule has 19 heavy (non-hydrogen) atoms. The van der Waals surface area contributed by atoms with Crippen LogP contribution in [0.3, 0.4) is 0 Å². The number of carboxylic acid groups (broad SMARTS) is 1. The molecule has 0 atom stereocenters. The van der Waals surface area contributed by atoms with Crippen LogP contribution in [0.2, 0.25) is 0 Å². The summed E-state index contributed by atoms with van der Waals surface area (Å²) in [7, 11) is 0. The van der Waals surface area contributed by atoms with Crippen LogP contribution in [0.15, 0.2) is 18.2 Å². The molecule has 1 aromatic carbocycles. The minimum Gasteiger partial charge on any atom is -0.480 e. The van der Waals surface area contributed by atoms with Gasteiger partial charge in [-0.1, -0.05) is 0 Å². The van der Waals surface area contributed by atoms with Gasteiger partial charge >= 0.3 is 12.0 Å². The quantitative estimate of drug-likeness (QED) is 0.535. The summed E-state index contributed by atoms with van der Waals surface area (Å²) in [6.07, 6.45) is 0. The van der Waals surface area contributed by atoms with Gasteiger partial charge in [-0.2, -0.15) is 0 Å². The smallest absolute Gasteiger partial charge is 0.323 e. The van der Waals surface area contributed by atoms with E-state index in [2.05, 4.69) is 5.32 Å². The van der Waals surface area contributed by atoms with Crippen LogP contribution in [0.1, 0.15) is 5.56 Å². The highest BCUT2D eigenvalue weighted by atomic mass is 19.1. The lowest BCUT2D eigenvalue weighted by Gasteiger charge is -2.06. The maximum atomic E-state index is 13.0. The molecule has 0 aromatic heterocycles. The second kappa shape index (κ2) is 6.28. The molecule has 3 N–H and O–H groups in total. The summed E-state index contributed by atoms with van der Waals surface area (Å²) in [6, 6.07) is 2.03. The number of carbonyl (C=O) groups excluding carboxylic acids is 1. The van der Waals surface area contributed by atoms with Crippen molar-refractivity contribution in [2.24, 2.45) is 0 Å². The molecule has 102 valence electrons. The highest BCUT2D eigenvalue weighted by Crippen LogP contribution is 2.19. The van der Waals surface area contributed by atoms with Crippen LogP contribution in [0.5, 0.6) is 0 Å². The van der Waals surface area contributed by atoms with E-state index in [0.717, 1.165) is 18.2 Å². The summed E-state index contributed by atoms with van der Waals surface area (Å²) in [6.45, 7) is -0.878. The summed E-state index contributed by atoms with van der Waals surface area (Å²) in [4.78, 5) is 31.3. The van der Waals surface area contributed by atoms with E-state index in [9.17, 15) is 24.1 Å². The Labute approximate surface area is 106 Å².